The van der Waals surface area contributed by atoms with E-state index < -0.39 is 0 Å². The number of carbonyl (C=O) groups is 1. The van der Waals surface area contributed by atoms with Gasteiger partial charge in [-0.2, -0.15) is 0 Å². The average molecular weight is 253 g/mol. The molecule has 1 aromatic carbocycles. The fourth-order valence-corrected chi connectivity index (χ4v) is 2.15. The summed E-state index contributed by atoms with van der Waals surface area (Å²) in [6.45, 7) is 4.48. The minimum absolute atomic E-state index is 0.222. The Bertz CT molecular complexity index is 358. The number of aryl methyl sites for hydroxylation is 1. The number of halogens is 1. The van der Waals surface area contributed by atoms with Crippen molar-refractivity contribution in [3.8, 4) is 0 Å². The van der Waals surface area contributed by atoms with Crippen LogP contribution >= 0.6 is 11.6 Å². The van der Waals surface area contributed by atoms with Crippen molar-refractivity contribution in [2.24, 2.45) is 5.92 Å². The van der Waals surface area contributed by atoms with Crippen LogP contribution in [0.5, 0.6) is 0 Å². The highest BCUT2D eigenvalue weighted by Gasteiger charge is 2.04. The molecular formula is C15H21ClO. The molecule has 0 saturated heterocycles. The lowest BCUT2D eigenvalue weighted by Gasteiger charge is -2.11. The van der Waals surface area contributed by atoms with Gasteiger partial charge in [-0.25, -0.2) is 0 Å². The Labute approximate surface area is 109 Å². The van der Waals surface area contributed by atoms with Gasteiger partial charge in [-0.15, -0.1) is 0 Å². The Hall–Kier alpha value is -0.820. The zero-order valence-corrected chi connectivity index (χ0v) is 11.5. The molecule has 94 valence electrons. The summed E-state index contributed by atoms with van der Waals surface area (Å²) >= 11 is 5.32. The summed E-state index contributed by atoms with van der Waals surface area (Å²) in [5.74, 6) is 0.681. The van der Waals surface area contributed by atoms with E-state index in [4.69, 9.17) is 11.6 Å². The molecule has 0 fully saturated rings. The topological polar surface area (TPSA) is 17.1 Å². The van der Waals surface area contributed by atoms with Gasteiger partial charge in [-0.1, -0.05) is 38.1 Å². The number of benzene rings is 1. The zero-order chi connectivity index (χ0) is 12.7. The lowest BCUT2D eigenvalue weighted by atomic mass is 9.95. The molecule has 1 rings (SSSR count). The maximum absolute atomic E-state index is 10.6. The number of unbranched alkanes of at least 4 members (excludes halogenated alkanes) is 1. The lowest BCUT2D eigenvalue weighted by molar-refractivity contribution is -0.111. The fourth-order valence-electron chi connectivity index (χ4n) is 2.02. The molecule has 0 atom stereocenters. The van der Waals surface area contributed by atoms with Gasteiger partial charge in [0.15, 0.2) is 0 Å². The highest BCUT2D eigenvalue weighted by molar-refractivity contribution is 6.63. The Balaban J connectivity index is 2.49. The molecular weight excluding hydrogens is 232 g/mol. The summed E-state index contributed by atoms with van der Waals surface area (Å²) in [5, 5.41) is -0.222. The van der Waals surface area contributed by atoms with E-state index >= 15 is 0 Å². The number of carbonyl (C=O) groups excluding carboxylic acids is 1. The summed E-state index contributed by atoms with van der Waals surface area (Å²) in [4.78, 5) is 10.6. The summed E-state index contributed by atoms with van der Waals surface area (Å²) in [6.07, 6.45) is 4.59. The highest BCUT2D eigenvalue weighted by Crippen LogP contribution is 2.16. The van der Waals surface area contributed by atoms with Crippen LogP contribution in [-0.4, -0.2) is 5.24 Å². The van der Waals surface area contributed by atoms with Crippen LogP contribution in [-0.2, 0) is 17.6 Å². The average Bonchev–Trinajstić information content (AvgIpc) is 2.25. The first-order valence-corrected chi connectivity index (χ1v) is 6.72. The minimum Gasteiger partial charge on any atom is -0.281 e. The third kappa shape index (κ3) is 5.88. The van der Waals surface area contributed by atoms with Gasteiger partial charge in [-0.05, 0) is 54.3 Å². The Morgan fingerprint density at radius 2 is 1.82 bits per heavy atom. The summed E-state index contributed by atoms with van der Waals surface area (Å²) in [6, 6.07) is 8.59. The van der Waals surface area contributed by atoms with Crippen LogP contribution < -0.4 is 0 Å². The van der Waals surface area contributed by atoms with Gasteiger partial charge in [0.2, 0.25) is 5.24 Å². The van der Waals surface area contributed by atoms with E-state index in [1.54, 1.807) is 0 Å². The molecule has 1 nitrogen and oxygen atoms in total. The van der Waals surface area contributed by atoms with Crippen LogP contribution in [0, 0.1) is 5.92 Å². The zero-order valence-electron chi connectivity index (χ0n) is 10.7. The molecule has 0 bridgehead atoms. The molecule has 0 heterocycles. The predicted molar refractivity (Wildman–Crippen MR) is 73.4 cm³/mol. The van der Waals surface area contributed by atoms with Gasteiger partial charge < -0.3 is 0 Å². The summed E-state index contributed by atoms with van der Waals surface area (Å²) in [5.41, 5.74) is 2.86. The fraction of sp³-hybridized carbons (Fsp3) is 0.533. The second-order valence-electron chi connectivity index (χ2n) is 4.93. The Kier molecular flexibility index (Phi) is 6.28. The minimum atomic E-state index is -0.222. The molecule has 0 unspecified atom stereocenters. The van der Waals surface area contributed by atoms with Crippen LogP contribution in [0.1, 0.15) is 44.2 Å². The van der Waals surface area contributed by atoms with Crippen molar-refractivity contribution in [1.82, 2.24) is 0 Å². The van der Waals surface area contributed by atoms with Crippen LogP contribution in [0.2, 0.25) is 0 Å². The molecule has 0 amide bonds. The molecule has 0 aliphatic rings. The summed E-state index contributed by atoms with van der Waals surface area (Å²) in [7, 11) is 0. The summed E-state index contributed by atoms with van der Waals surface area (Å²) < 4.78 is 0. The number of hydrogen-bond acceptors (Lipinski definition) is 1. The van der Waals surface area contributed by atoms with Crippen molar-refractivity contribution >= 4 is 16.8 Å². The Morgan fingerprint density at radius 3 is 2.41 bits per heavy atom. The molecule has 0 N–H and O–H groups in total. The maximum atomic E-state index is 10.6. The molecule has 17 heavy (non-hydrogen) atoms. The van der Waals surface area contributed by atoms with E-state index in [1.807, 2.05) is 0 Å². The lowest BCUT2D eigenvalue weighted by Crippen LogP contribution is -2.00. The van der Waals surface area contributed by atoms with E-state index in [2.05, 4.69) is 38.1 Å². The van der Waals surface area contributed by atoms with Crippen molar-refractivity contribution in [2.45, 2.75) is 46.0 Å². The maximum Gasteiger partial charge on any atom is 0.221 e. The van der Waals surface area contributed by atoms with Gasteiger partial charge in [0.05, 0.1) is 0 Å². The first-order valence-electron chi connectivity index (χ1n) is 6.34. The van der Waals surface area contributed by atoms with E-state index in [0.29, 0.717) is 12.3 Å². The molecule has 0 spiro atoms. The van der Waals surface area contributed by atoms with Crippen LogP contribution in [0.4, 0.5) is 0 Å². The van der Waals surface area contributed by atoms with Crippen LogP contribution in [0.15, 0.2) is 24.3 Å². The van der Waals surface area contributed by atoms with E-state index in [9.17, 15) is 4.79 Å². The van der Waals surface area contributed by atoms with Gasteiger partial charge in [0.25, 0.3) is 0 Å². The van der Waals surface area contributed by atoms with Gasteiger partial charge in [-0.3, -0.25) is 4.79 Å². The van der Waals surface area contributed by atoms with Gasteiger partial charge in [0, 0.05) is 6.42 Å². The number of hydrogen-bond donors (Lipinski definition) is 0. The van der Waals surface area contributed by atoms with E-state index in [1.165, 1.54) is 11.1 Å². The monoisotopic (exact) mass is 252 g/mol. The van der Waals surface area contributed by atoms with E-state index in [-0.39, 0.29) is 5.24 Å². The predicted octanol–water partition coefficient (Wildman–Crippen LogP) is 4.36. The second-order valence-corrected chi connectivity index (χ2v) is 5.35. The third-order valence-electron chi connectivity index (χ3n) is 2.82. The van der Waals surface area contributed by atoms with Crippen molar-refractivity contribution in [1.29, 1.82) is 0 Å². The van der Waals surface area contributed by atoms with Crippen molar-refractivity contribution in [3.05, 3.63) is 35.4 Å². The molecule has 0 saturated carbocycles. The quantitative estimate of drug-likeness (QED) is 0.520. The number of rotatable bonds is 7. The molecule has 0 aliphatic carbocycles. The molecule has 2 heteroatoms. The second kappa shape index (κ2) is 7.50. The largest absolute Gasteiger partial charge is 0.281 e. The first-order chi connectivity index (χ1) is 8.09. The van der Waals surface area contributed by atoms with Crippen molar-refractivity contribution in [3.63, 3.8) is 0 Å². The molecule has 0 aromatic heterocycles. The van der Waals surface area contributed by atoms with E-state index in [0.717, 1.165) is 25.7 Å². The molecule has 0 aliphatic heterocycles. The van der Waals surface area contributed by atoms with Crippen LogP contribution in [0.25, 0.3) is 0 Å². The van der Waals surface area contributed by atoms with Crippen molar-refractivity contribution < 1.29 is 4.79 Å². The first kappa shape index (κ1) is 14.2. The third-order valence-corrected chi connectivity index (χ3v) is 3.00. The molecule has 0 radical (unpaired) electrons. The van der Waals surface area contributed by atoms with Gasteiger partial charge in [0.1, 0.15) is 0 Å². The van der Waals surface area contributed by atoms with Gasteiger partial charge >= 0.3 is 0 Å². The normalized spacial score (nSPS) is 10.8. The SMILES string of the molecule is CC(C)Cc1ccccc1CCCCC(=O)Cl. The van der Waals surface area contributed by atoms with Crippen LogP contribution in [0.3, 0.4) is 0 Å². The standard InChI is InChI=1S/C15H21ClO/c1-12(2)11-14-9-4-3-7-13(14)8-5-6-10-15(16)17/h3-4,7,9,12H,5-6,8,10-11H2,1-2H3. The highest BCUT2D eigenvalue weighted by atomic mass is 35.5. The molecule has 1 aromatic rings. The Morgan fingerprint density at radius 1 is 1.18 bits per heavy atom. The van der Waals surface area contributed by atoms with Crippen molar-refractivity contribution in [2.75, 3.05) is 0 Å². The smallest absolute Gasteiger partial charge is 0.221 e.